The van der Waals surface area contributed by atoms with Gasteiger partial charge in [0.15, 0.2) is 0 Å². The highest BCUT2D eigenvalue weighted by Gasteiger charge is 2.18. The minimum atomic E-state index is -0.0202. The maximum absolute atomic E-state index is 11.8. The third-order valence-corrected chi connectivity index (χ3v) is 2.78. The lowest BCUT2D eigenvalue weighted by molar-refractivity contribution is 0.0928. The number of carbonyl (C=O) groups is 1. The van der Waals surface area contributed by atoms with Crippen LogP contribution < -0.4 is 10.6 Å². The lowest BCUT2D eigenvalue weighted by Crippen LogP contribution is -2.42. The van der Waals surface area contributed by atoms with Crippen LogP contribution in [-0.2, 0) is 0 Å². The maximum atomic E-state index is 11.8. The molecule has 0 spiro atoms. The number of amides is 1. The molecule has 0 aromatic carbocycles. The van der Waals surface area contributed by atoms with Gasteiger partial charge in [0.25, 0.3) is 5.91 Å². The Kier molecular flexibility index (Phi) is 4.83. The van der Waals surface area contributed by atoms with Gasteiger partial charge in [0.05, 0.1) is 11.8 Å². The van der Waals surface area contributed by atoms with Gasteiger partial charge in [-0.15, -0.1) is 12.4 Å². The molecule has 2 N–H and O–H groups in total. The van der Waals surface area contributed by atoms with Crippen LogP contribution >= 0.6 is 12.4 Å². The zero-order valence-electron chi connectivity index (χ0n) is 9.29. The molecule has 16 heavy (non-hydrogen) atoms. The summed E-state index contributed by atoms with van der Waals surface area (Å²) in [6.45, 7) is 3.77. The summed E-state index contributed by atoms with van der Waals surface area (Å²) in [5, 5.41) is 6.29. The van der Waals surface area contributed by atoms with Crippen LogP contribution in [0.2, 0.25) is 0 Å². The molecule has 0 radical (unpaired) electrons. The summed E-state index contributed by atoms with van der Waals surface area (Å²) in [6.07, 6.45) is 3.55. The molecule has 0 aliphatic carbocycles. The van der Waals surface area contributed by atoms with Crippen LogP contribution in [0, 0.1) is 6.92 Å². The summed E-state index contributed by atoms with van der Waals surface area (Å²) in [5.74, 6) is 0.662. The zero-order valence-corrected chi connectivity index (χ0v) is 10.1. The SMILES string of the molecule is Cc1occc1C(=O)NC1CCNCC1.Cl. The molecule has 1 fully saturated rings. The van der Waals surface area contributed by atoms with E-state index in [1.165, 1.54) is 0 Å². The number of aryl methyl sites for hydroxylation is 1. The van der Waals surface area contributed by atoms with Gasteiger partial charge in [-0.2, -0.15) is 0 Å². The summed E-state index contributed by atoms with van der Waals surface area (Å²) in [4.78, 5) is 11.8. The third-order valence-electron chi connectivity index (χ3n) is 2.78. The Labute approximate surface area is 101 Å². The van der Waals surface area contributed by atoms with Gasteiger partial charge in [0.1, 0.15) is 5.76 Å². The summed E-state index contributed by atoms with van der Waals surface area (Å²) >= 11 is 0. The number of hydrogen-bond donors (Lipinski definition) is 2. The molecule has 2 rings (SSSR count). The molecule has 1 aliphatic heterocycles. The van der Waals surface area contributed by atoms with Crippen LogP contribution in [0.1, 0.15) is 29.0 Å². The average molecular weight is 245 g/mol. The van der Waals surface area contributed by atoms with E-state index in [4.69, 9.17) is 4.42 Å². The molecule has 1 saturated heterocycles. The molecule has 0 bridgehead atoms. The summed E-state index contributed by atoms with van der Waals surface area (Å²) < 4.78 is 5.10. The number of carbonyl (C=O) groups excluding carboxylic acids is 1. The maximum Gasteiger partial charge on any atom is 0.255 e. The number of halogens is 1. The van der Waals surface area contributed by atoms with Gasteiger partial charge in [0, 0.05) is 6.04 Å². The fraction of sp³-hybridized carbons (Fsp3) is 0.545. The second kappa shape index (κ2) is 5.92. The lowest BCUT2D eigenvalue weighted by atomic mass is 10.1. The van der Waals surface area contributed by atoms with E-state index in [1.807, 2.05) is 0 Å². The van der Waals surface area contributed by atoms with Gasteiger partial charge in [-0.25, -0.2) is 0 Å². The van der Waals surface area contributed by atoms with E-state index in [2.05, 4.69) is 10.6 Å². The number of hydrogen-bond acceptors (Lipinski definition) is 3. The Morgan fingerprint density at radius 2 is 2.19 bits per heavy atom. The van der Waals surface area contributed by atoms with Crippen molar-refractivity contribution in [1.29, 1.82) is 0 Å². The van der Waals surface area contributed by atoms with Crippen molar-refractivity contribution >= 4 is 18.3 Å². The summed E-state index contributed by atoms with van der Waals surface area (Å²) in [6, 6.07) is 2.01. The van der Waals surface area contributed by atoms with Crippen molar-refractivity contribution < 1.29 is 9.21 Å². The van der Waals surface area contributed by atoms with Gasteiger partial charge in [-0.1, -0.05) is 0 Å². The number of rotatable bonds is 2. The van der Waals surface area contributed by atoms with Gasteiger partial charge in [-0.05, 0) is 38.9 Å². The highest BCUT2D eigenvalue weighted by Crippen LogP contribution is 2.10. The minimum absolute atomic E-state index is 0. The first-order valence-electron chi connectivity index (χ1n) is 5.33. The molecule has 5 heteroatoms. The molecule has 90 valence electrons. The highest BCUT2D eigenvalue weighted by molar-refractivity contribution is 5.95. The Morgan fingerprint density at radius 3 is 2.75 bits per heavy atom. The first-order valence-corrected chi connectivity index (χ1v) is 5.33. The van der Waals surface area contributed by atoms with Gasteiger partial charge >= 0.3 is 0 Å². The highest BCUT2D eigenvalue weighted by atomic mass is 35.5. The van der Waals surface area contributed by atoms with Gasteiger partial charge < -0.3 is 15.1 Å². The van der Waals surface area contributed by atoms with Crippen molar-refractivity contribution in [2.75, 3.05) is 13.1 Å². The fourth-order valence-electron chi connectivity index (χ4n) is 1.85. The summed E-state index contributed by atoms with van der Waals surface area (Å²) in [5.41, 5.74) is 0.647. The predicted octanol–water partition coefficient (Wildman–Crippen LogP) is 1.49. The first kappa shape index (κ1) is 13.1. The summed E-state index contributed by atoms with van der Waals surface area (Å²) in [7, 11) is 0. The van der Waals surface area contributed by atoms with Gasteiger partial charge in [-0.3, -0.25) is 4.79 Å². The van der Waals surface area contributed by atoms with Crippen molar-refractivity contribution in [3.63, 3.8) is 0 Å². The molecule has 0 atom stereocenters. The largest absolute Gasteiger partial charge is 0.469 e. The second-order valence-corrected chi connectivity index (χ2v) is 3.89. The molecule has 2 heterocycles. The van der Waals surface area contributed by atoms with Crippen molar-refractivity contribution in [1.82, 2.24) is 10.6 Å². The number of nitrogens with one attached hydrogen (secondary N) is 2. The molecule has 4 nitrogen and oxygen atoms in total. The quantitative estimate of drug-likeness (QED) is 0.829. The zero-order chi connectivity index (χ0) is 10.7. The smallest absolute Gasteiger partial charge is 0.255 e. The number of furan rings is 1. The Balaban J connectivity index is 0.00000128. The van der Waals surface area contributed by atoms with E-state index >= 15 is 0 Å². The van der Waals surface area contributed by atoms with E-state index in [0.29, 0.717) is 17.4 Å². The van der Waals surface area contributed by atoms with Crippen LogP contribution in [0.4, 0.5) is 0 Å². The van der Waals surface area contributed by atoms with E-state index in [0.717, 1.165) is 25.9 Å². The molecule has 1 aromatic rings. The molecule has 0 unspecified atom stereocenters. The molecule has 0 saturated carbocycles. The van der Waals surface area contributed by atoms with E-state index in [-0.39, 0.29) is 18.3 Å². The average Bonchev–Trinajstić information content (AvgIpc) is 2.66. The second-order valence-electron chi connectivity index (χ2n) is 3.89. The molecule has 1 aromatic heterocycles. The Morgan fingerprint density at radius 1 is 1.50 bits per heavy atom. The Hall–Kier alpha value is -1.00. The minimum Gasteiger partial charge on any atom is -0.469 e. The molecular weight excluding hydrogens is 228 g/mol. The third kappa shape index (κ3) is 3.00. The molecule has 1 aliphatic rings. The van der Waals surface area contributed by atoms with Crippen molar-refractivity contribution in [3.8, 4) is 0 Å². The standard InChI is InChI=1S/C11H16N2O2.ClH/c1-8-10(4-7-15-8)11(14)13-9-2-5-12-6-3-9;/h4,7,9,12H,2-3,5-6H2,1H3,(H,13,14);1H. The number of piperidine rings is 1. The van der Waals surface area contributed by atoms with Crippen LogP contribution in [0.5, 0.6) is 0 Å². The first-order chi connectivity index (χ1) is 7.27. The van der Waals surface area contributed by atoms with Gasteiger partial charge in [0.2, 0.25) is 0 Å². The lowest BCUT2D eigenvalue weighted by Gasteiger charge is -2.23. The Bertz CT molecular complexity index is 346. The van der Waals surface area contributed by atoms with E-state index < -0.39 is 0 Å². The van der Waals surface area contributed by atoms with Crippen molar-refractivity contribution in [2.24, 2.45) is 0 Å². The van der Waals surface area contributed by atoms with E-state index in [1.54, 1.807) is 19.3 Å². The normalized spacial score (nSPS) is 16.6. The van der Waals surface area contributed by atoms with Crippen LogP contribution in [0.15, 0.2) is 16.7 Å². The predicted molar refractivity (Wildman–Crippen MR) is 64.1 cm³/mol. The van der Waals surface area contributed by atoms with Crippen LogP contribution in [0.25, 0.3) is 0 Å². The molecular formula is C11H17ClN2O2. The van der Waals surface area contributed by atoms with E-state index in [9.17, 15) is 4.79 Å². The van der Waals surface area contributed by atoms with Crippen molar-refractivity contribution in [3.05, 3.63) is 23.7 Å². The van der Waals surface area contributed by atoms with Crippen molar-refractivity contribution in [2.45, 2.75) is 25.8 Å². The van der Waals surface area contributed by atoms with Crippen LogP contribution in [-0.4, -0.2) is 25.0 Å². The van der Waals surface area contributed by atoms with Crippen LogP contribution in [0.3, 0.4) is 0 Å². The fourth-order valence-corrected chi connectivity index (χ4v) is 1.85. The molecule has 1 amide bonds. The monoisotopic (exact) mass is 244 g/mol. The topological polar surface area (TPSA) is 54.3 Å².